The molecule has 0 aromatic carbocycles. The van der Waals surface area contributed by atoms with Crippen molar-refractivity contribution in [3.8, 4) is 0 Å². The second-order valence-electron chi connectivity index (χ2n) is 6.33. The summed E-state index contributed by atoms with van der Waals surface area (Å²) in [6, 6.07) is 0. The van der Waals surface area contributed by atoms with Gasteiger partial charge in [0.1, 0.15) is 0 Å². The first kappa shape index (κ1) is 16.7. The minimum Gasteiger partial charge on any atom is -0.461 e. The van der Waals surface area contributed by atoms with Crippen LogP contribution in [0.4, 0.5) is 0 Å². The van der Waals surface area contributed by atoms with Gasteiger partial charge in [-0.3, -0.25) is 0 Å². The molecular weight excluding hydrogens is 254 g/mol. The van der Waals surface area contributed by atoms with Gasteiger partial charge in [-0.1, -0.05) is 46.3 Å². The van der Waals surface area contributed by atoms with Gasteiger partial charge >= 0.3 is 5.97 Å². The molecule has 1 atom stereocenters. The van der Waals surface area contributed by atoms with Gasteiger partial charge < -0.3 is 4.74 Å². The van der Waals surface area contributed by atoms with Crippen LogP contribution in [-0.2, 0) is 16.7 Å². The van der Waals surface area contributed by atoms with Gasteiger partial charge in [-0.2, -0.15) is 0 Å². The number of esters is 1. The number of ether oxygens (including phenoxy) is 1. The van der Waals surface area contributed by atoms with E-state index in [1.54, 1.807) is 6.92 Å². The summed E-state index contributed by atoms with van der Waals surface area (Å²) in [6.07, 6.45) is 2.28. The zero-order valence-corrected chi connectivity index (χ0v) is 13.6. The van der Waals surface area contributed by atoms with E-state index in [1.807, 2.05) is 4.68 Å². The molecule has 5 nitrogen and oxygen atoms in total. The Morgan fingerprint density at radius 2 is 2.00 bits per heavy atom. The first-order valence-corrected chi connectivity index (χ1v) is 7.42. The Balaban J connectivity index is 3.10. The highest BCUT2D eigenvalue weighted by molar-refractivity contribution is 5.88. The number of carbonyl (C=O) groups excluding carboxylic acids is 1. The van der Waals surface area contributed by atoms with E-state index in [-0.39, 0.29) is 11.4 Å². The van der Waals surface area contributed by atoms with Gasteiger partial charge in [0.05, 0.1) is 12.3 Å². The molecule has 0 fully saturated rings. The molecule has 0 amide bonds. The van der Waals surface area contributed by atoms with Crippen molar-refractivity contribution >= 4 is 5.97 Å². The topological polar surface area (TPSA) is 57.0 Å². The summed E-state index contributed by atoms with van der Waals surface area (Å²) in [5.41, 5.74) is 1.01. The molecule has 1 rings (SSSR count). The molecule has 0 N–H and O–H groups in total. The van der Waals surface area contributed by atoms with Crippen molar-refractivity contribution in [2.24, 2.45) is 5.92 Å². The molecule has 114 valence electrons. The van der Waals surface area contributed by atoms with E-state index in [2.05, 4.69) is 44.9 Å². The van der Waals surface area contributed by atoms with Crippen molar-refractivity contribution in [1.82, 2.24) is 15.0 Å². The van der Waals surface area contributed by atoms with Crippen LogP contribution in [0.1, 0.15) is 70.6 Å². The highest BCUT2D eigenvalue weighted by Gasteiger charge is 2.30. The van der Waals surface area contributed by atoms with E-state index in [1.165, 1.54) is 0 Å². The van der Waals surface area contributed by atoms with Crippen LogP contribution in [-0.4, -0.2) is 27.6 Å². The van der Waals surface area contributed by atoms with E-state index >= 15 is 0 Å². The molecule has 0 bridgehead atoms. The van der Waals surface area contributed by atoms with Gasteiger partial charge in [0, 0.05) is 12.0 Å². The molecule has 0 aliphatic carbocycles. The molecule has 1 heterocycles. The number of carbonyl (C=O) groups is 1. The van der Waals surface area contributed by atoms with E-state index in [9.17, 15) is 4.79 Å². The van der Waals surface area contributed by atoms with Crippen molar-refractivity contribution in [2.75, 3.05) is 6.61 Å². The lowest BCUT2D eigenvalue weighted by Crippen LogP contribution is -2.24. The highest BCUT2D eigenvalue weighted by Crippen LogP contribution is 2.26. The number of hydrogen-bond donors (Lipinski definition) is 0. The summed E-state index contributed by atoms with van der Waals surface area (Å²) >= 11 is 0. The third-order valence-electron chi connectivity index (χ3n) is 3.18. The quantitative estimate of drug-likeness (QED) is 0.751. The third kappa shape index (κ3) is 4.05. The summed E-state index contributed by atoms with van der Waals surface area (Å²) in [5, 5.41) is 8.23. The Hall–Kier alpha value is -1.39. The number of rotatable bonds is 6. The van der Waals surface area contributed by atoms with Crippen molar-refractivity contribution in [3.63, 3.8) is 0 Å². The molecule has 1 aromatic heterocycles. The Bertz CT molecular complexity index is 446. The molecular formula is C15H27N3O2. The highest BCUT2D eigenvalue weighted by atomic mass is 16.5. The van der Waals surface area contributed by atoms with Crippen molar-refractivity contribution < 1.29 is 9.53 Å². The normalized spacial score (nSPS) is 13.3. The average molecular weight is 281 g/mol. The van der Waals surface area contributed by atoms with Crippen LogP contribution in [0.3, 0.4) is 0 Å². The fourth-order valence-corrected chi connectivity index (χ4v) is 2.40. The molecule has 5 heteroatoms. The molecule has 0 spiro atoms. The second kappa shape index (κ2) is 6.86. The van der Waals surface area contributed by atoms with E-state index < -0.39 is 0 Å². The molecule has 0 saturated heterocycles. The van der Waals surface area contributed by atoms with Crippen LogP contribution < -0.4 is 0 Å². The first-order chi connectivity index (χ1) is 9.31. The maximum Gasteiger partial charge on any atom is 0.360 e. The SMILES string of the molecule is CCCC(C)Cn1nnc(C(=O)OCC)c1C(C)(C)C. The third-order valence-corrected chi connectivity index (χ3v) is 3.18. The zero-order valence-electron chi connectivity index (χ0n) is 13.6. The molecule has 1 unspecified atom stereocenters. The summed E-state index contributed by atoms with van der Waals surface area (Å²) in [4.78, 5) is 12.0. The smallest absolute Gasteiger partial charge is 0.360 e. The fraction of sp³-hybridized carbons (Fsp3) is 0.800. The Morgan fingerprint density at radius 3 is 2.50 bits per heavy atom. The van der Waals surface area contributed by atoms with Crippen LogP contribution >= 0.6 is 0 Å². The molecule has 20 heavy (non-hydrogen) atoms. The maximum absolute atomic E-state index is 12.0. The summed E-state index contributed by atoms with van der Waals surface area (Å²) in [6.45, 7) is 13.5. The second-order valence-corrected chi connectivity index (χ2v) is 6.33. The molecule has 0 radical (unpaired) electrons. The van der Waals surface area contributed by atoms with Crippen LogP contribution in [0.2, 0.25) is 0 Å². The number of nitrogens with zero attached hydrogens (tertiary/aromatic N) is 3. The molecule has 0 saturated carbocycles. The van der Waals surface area contributed by atoms with E-state index in [4.69, 9.17) is 4.74 Å². The van der Waals surface area contributed by atoms with E-state index in [0.29, 0.717) is 18.2 Å². The largest absolute Gasteiger partial charge is 0.461 e. The van der Waals surface area contributed by atoms with Crippen molar-refractivity contribution in [2.45, 2.75) is 66.3 Å². The minimum atomic E-state index is -0.383. The van der Waals surface area contributed by atoms with Crippen molar-refractivity contribution in [3.05, 3.63) is 11.4 Å². The lowest BCUT2D eigenvalue weighted by atomic mass is 9.90. The maximum atomic E-state index is 12.0. The van der Waals surface area contributed by atoms with Gasteiger partial charge in [0.15, 0.2) is 5.69 Å². The monoisotopic (exact) mass is 281 g/mol. The number of hydrogen-bond acceptors (Lipinski definition) is 4. The van der Waals surface area contributed by atoms with Crippen LogP contribution in [0.15, 0.2) is 0 Å². The van der Waals surface area contributed by atoms with Crippen LogP contribution in [0.25, 0.3) is 0 Å². The Morgan fingerprint density at radius 1 is 1.35 bits per heavy atom. The zero-order chi connectivity index (χ0) is 15.3. The molecule has 0 aliphatic rings. The van der Waals surface area contributed by atoms with Gasteiger partial charge in [0.25, 0.3) is 0 Å². The minimum absolute atomic E-state index is 0.197. The average Bonchev–Trinajstić information content (AvgIpc) is 2.73. The van der Waals surface area contributed by atoms with Crippen molar-refractivity contribution in [1.29, 1.82) is 0 Å². The lowest BCUT2D eigenvalue weighted by Gasteiger charge is -2.22. The molecule has 0 aliphatic heterocycles. The fourth-order valence-electron chi connectivity index (χ4n) is 2.40. The van der Waals surface area contributed by atoms with Crippen LogP contribution in [0, 0.1) is 5.92 Å². The Kier molecular flexibility index (Phi) is 5.72. The summed E-state index contributed by atoms with van der Waals surface area (Å²) in [7, 11) is 0. The first-order valence-electron chi connectivity index (χ1n) is 7.42. The van der Waals surface area contributed by atoms with Gasteiger partial charge in [0.2, 0.25) is 0 Å². The van der Waals surface area contributed by atoms with Gasteiger partial charge in [-0.25, -0.2) is 9.48 Å². The van der Waals surface area contributed by atoms with Crippen LogP contribution in [0.5, 0.6) is 0 Å². The molecule has 1 aromatic rings. The number of aromatic nitrogens is 3. The predicted molar refractivity (Wildman–Crippen MR) is 78.8 cm³/mol. The standard InChI is InChI=1S/C15H27N3O2/c1-7-9-11(3)10-18-13(15(4,5)6)12(16-17-18)14(19)20-8-2/h11H,7-10H2,1-6H3. The van der Waals surface area contributed by atoms with Gasteiger partial charge in [-0.05, 0) is 19.3 Å². The summed E-state index contributed by atoms with van der Waals surface area (Å²) < 4.78 is 6.94. The predicted octanol–water partition coefficient (Wildman–Crippen LogP) is 3.19. The lowest BCUT2D eigenvalue weighted by molar-refractivity contribution is 0.0516. The van der Waals surface area contributed by atoms with E-state index in [0.717, 1.165) is 25.1 Å². The Labute approximate surface area is 121 Å². The van der Waals surface area contributed by atoms with Gasteiger partial charge in [-0.15, -0.1) is 5.10 Å². The summed E-state index contributed by atoms with van der Waals surface area (Å²) in [5.74, 6) is 0.129.